The summed E-state index contributed by atoms with van der Waals surface area (Å²) in [5.74, 6) is 0.379. The van der Waals surface area contributed by atoms with Gasteiger partial charge in [0, 0.05) is 24.2 Å². The van der Waals surface area contributed by atoms with Crippen molar-refractivity contribution >= 4 is 28.6 Å². The van der Waals surface area contributed by atoms with Crippen LogP contribution in [0.4, 0.5) is 0 Å². The zero-order valence-electron chi connectivity index (χ0n) is 12.7. The summed E-state index contributed by atoms with van der Waals surface area (Å²) in [7, 11) is 0. The molecule has 0 aromatic carbocycles. The molecule has 1 saturated heterocycles. The van der Waals surface area contributed by atoms with Crippen molar-refractivity contribution in [2.45, 2.75) is 25.0 Å². The number of aliphatic hydroxyl groups is 1. The van der Waals surface area contributed by atoms with Gasteiger partial charge in [-0.05, 0) is 24.3 Å². The van der Waals surface area contributed by atoms with Crippen LogP contribution >= 0.6 is 22.7 Å². The highest BCUT2D eigenvalue weighted by Gasteiger charge is 2.37. The zero-order valence-corrected chi connectivity index (χ0v) is 14.3. The Bertz CT molecular complexity index is 814. The van der Waals surface area contributed by atoms with Crippen molar-refractivity contribution in [1.29, 1.82) is 0 Å². The van der Waals surface area contributed by atoms with Crippen molar-refractivity contribution in [2.24, 2.45) is 0 Å². The number of carbonyl (C=O) groups is 1. The molecule has 124 valence electrons. The van der Waals surface area contributed by atoms with E-state index in [-0.39, 0.29) is 17.6 Å². The average Bonchev–Trinajstić information content (AvgIpc) is 3.41. The van der Waals surface area contributed by atoms with Gasteiger partial charge >= 0.3 is 0 Å². The molecule has 0 bridgehead atoms. The van der Waals surface area contributed by atoms with E-state index in [9.17, 15) is 9.90 Å². The summed E-state index contributed by atoms with van der Waals surface area (Å²) in [5, 5.41) is 18.9. The second kappa shape index (κ2) is 6.46. The topological polar surface area (TPSA) is 79.5 Å². The molecular weight excluding hydrogens is 346 g/mol. The van der Waals surface area contributed by atoms with Crippen molar-refractivity contribution in [2.75, 3.05) is 6.54 Å². The lowest BCUT2D eigenvalue weighted by atomic mass is 10.1. The standard InChI is InChI=1S/C16H15N3O3S2/c20-14(15-17-5-8-24-15)11-3-1-6-19(11)16(21)10-9-12(22-18-10)13-4-2-7-23-13/h2,4-5,7-9,11,14,20H,1,3,6H2/t11-,14-/m0/s1. The molecule has 3 aromatic rings. The summed E-state index contributed by atoms with van der Waals surface area (Å²) in [5.41, 5.74) is 0.275. The van der Waals surface area contributed by atoms with Crippen LogP contribution in [0.1, 0.15) is 34.4 Å². The minimum atomic E-state index is -0.764. The van der Waals surface area contributed by atoms with E-state index in [0.29, 0.717) is 17.3 Å². The molecule has 0 unspecified atom stereocenters. The molecule has 8 heteroatoms. The van der Waals surface area contributed by atoms with Gasteiger partial charge in [-0.25, -0.2) is 4.98 Å². The van der Waals surface area contributed by atoms with Crippen molar-refractivity contribution in [3.8, 4) is 10.6 Å². The lowest BCUT2D eigenvalue weighted by Gasteiger charge is -2.26. The third-order valence-corrected chi connectivity index (χ3v) is 5.85. The van der Waals surface area contributed by atoms with E-state index in [4.69, 9.17) is 4.52 Å². The van der Waals surface area contributed by atoms with E-state index in [0.717, 1.165) is 17.7 Å². The molecule has 0 saturated carbocycles. The Kier molecular flexibility index (Phi) is 4.17. The molecule has 3 aromatic heterocycles. The molecule has 0 spiro atoms. The van der Waals surface area contributed by atoms with Gasteiger partial charge in [0.2, 0.25) is 0 Å². The number of aromatic nitrogens is 2. The molecule has 1 aliphatic rings. The number of rotatable bonds is 4. The van der Waals surface area contributed by atoms with E-state index in [1.165, 1.54) is 22.7 Å². The number of nitrogens with zero attached hydrogens (tertiary/aromatic N) is 3. The first kappa shape index (κ1) is 15.5. The van der Waals surface area contributed by atoms with Gasteiger partial charge in [0.25, 0.3) is 5.91 Å². The summed E-state index contributed by atoms with van der Waals surface area (Å²) >= 11 is 2.93. The molecule has 0 radical (unpaired) electrons. The summed E-state index contributed by atoms with van der Waals surface area (Å²) in [6.07, 6.45) is 2.51. The lowest BCUT2D eigenvalue weighted by molar-refractivity contribution is 0.0477. The molecule has 4 rings (SSSR count). The number of hydrogen-bond donors (Lipinski definition) is 1. The number of thiophene rings is 1. The largest absolute Gasteiger partial charge is 0.384 e. The zero-order chi connectivity index (χ0) is 16.5. The Labute approximate surface area is 146 Å². The first-order chi connectivity index (χ1) is 11.7. The van der Waals surface area contributed by atoms with E-state index in [1.54, 1.807) is 17.2 Å². The third kappa shape index (κ3) is 2.77. The summed E-state index contributed by atoms with van der Waals surface area (Å²) in [6, 6.07) is 5.24. The molecule has 4 heterocycles. The van der Waals surface area contributed by atoms with Crippen LogP contribution in [0.5, 0.6) is 0 Å². The van der Waals surface area contributed by atoms with E-state index >= 15 is 0 Å². The summed E-state index contributed by atoms with van der Waals surface area (Å²) in [6.45, 7) is 0.604. The Morgan fingerprint density at radius 2 is 2.33 bits per heavy atom. The highest BCUT2D eigenvalue weighted by atomic mass is 32.1. The fraction of sp³-hybridized carbons (Fsp3) is 0.312. The number of aliphatic hydroxyl groups excluding tert-OH is 1. The number of hydrogen-bond acceptors (Lipinski definition) is 7. The first-order valence-electron chi connectivity index (χ1n) is 7.63. The van der Waals surface area contributed by atoms with Crippen molar-refractivity contribution < 1.29 is 14.4 Å². The van der Waals surface area contributed by atoms with Gasteiger partial charge in [-0.3, -0.25) is 4.79 Å². The molecule has 1 fully saturated rings. The summed E-state index contributed by atoms with van der Waals surface area (Å²) < 4.78 is 5.30. The monoisotopic (exact) mass is 361 g/mol. The Hall–Kier alpha value is -2.03. The number of carbonyl (C=O) groups excluding carboxylic acids is 1. The van der Waals surface area contributed by atoms with Gasteiger partial charge in [-0.15, -0.1) is 22.7 Å². The molecule has 0 aliphatic carbocycles. The SMILES string of the molecule is O=C(c1cc(-c2cccs2)on1)N1CCC[C@H]1[C@H](O)c1nccs1. The van der Waals surface area contributed by atoms with Crippen LogP contribution in [0.25, 0.3) is 10.6 Å². The Morgan fingerprint density at radius 3 is 3.08 bits per heavy atom. The Balaban J connectivity index is 1.55. The molecule has 24 heavy (non-hydrogen) atoms. The number of thiazole rings is 1. The molecular formula is C16H15N3O3S2. The number of likely N-dealkylation sites (tertiary alicyclic amines) is 1. The molecule has 6 nitrogen and oxygen atoms in total. The van der Waals surface area contributed by atoms with E-state index in [1.807, 2.05) is 22.9 Å². The maximum Gasteiger partial charge on any atom is 0.276 e. The van der Waals surface area contributed by atoms with E-state index < -0.39 is 6.10 Å². The van der Waals surface area contributed by atoms with Gasteiger partial charge < -0.3 is 14.5 Å². The smallest absolute Gasteiger partial charge is 0.276 e. The second-order valence-electron chi connectivity index (χ2n) is 5.58. The maximum atomic E-state index is 12.8. The fourth-order valence-electron chi connectivity index (χ4n) is 2.98. The van der Waals surface area contributed by atoms with Crippen LogP contribution in [-0.2, 0) is 0 Å². The van der Waals surface area contributed by atoms with Crippen LogP contribution in [0.2, 0.25) is 0 Å². The molecule has 1 aliphatic heterocycles. The van der Waals surface area contributed by atoms with Crippen molar-refractivity contribution in [3.05, 3.63) is 45.9 Å². The minimum Gasteiger partial charge on any atom is -0.384 e. The molecule has 2 atom stereocenters. The van der Waals surface area contributed by atoms with Gasteiger partial charge in [0.05, 0.1) is 10.9 Å². The normalized spacial score (nSPS) is 18.9. The lowest BCUT2D eigenvalue weighted by Crippen LogP contribution is -2.39. The Morgan fingerprint density at radius 1 is 1.42 bits per heavy atom. The maximum absolute atomic E-state index is 12.8. The predicted molar refractivity (Wildman–Crippen MR) is 90.9 cm³/mol. The first-order valence-corrected chi connectivity index (χ1v) is 9.39. The van der Waals surface area contributed by atoms with Gasteiger partial charge in [-0.1, -0.05) is 11.2 Å². The highest BCUT2D eigenvalue weighted by molar-refractivity contribution is 7.13. The average molecular weight is 361 g/mol. The van der Waals surface area contributed by atoms with Gasteiger partial charge in [0.15, 0.2) is 11.5 Å². The summed E-state index contributed by atoms with van der Waals surface area (Å²) in [4.78, 5) is 19.6. The van der Waals surface area contributed by atoms with Crippen LogP contribution < -0.4 is 0 Å². The van der Waals surface area contributed by atoms with Crippen molar-refractivity contribution in [3.63, 3.8) is 0 Å². The van der Waals surface area contributed by atoms with Crippen molar-refractivity contribution in [1.82, 2.24) is 15.0 Å². The molecule has 1 amide bonds. The van der Waals surface area contributed by atoms with Crippen LogP contribution in [0.15, 0.2) is 39.7 Å². The predicted octanol–water partition coefficient (Wildman–Crippen LogP) is 3.20. The quantitative estimate of drug-likeness (QED) is 0.772. The van der Waals surface area contributed by atoms with Gasteiger partial charge in [0.1, 0.15) is 11.1 Å². The second-order valence-corrected chi connectivity index (χ2v) is 7.45. The third-order valence-electron chi connectivity index (χ3n) is 4.12. The van der Waals surface area contributed by atoms with Crippen LogP contribution in [-0.4, -0.2) is 38.6 Å². The number of amides is 1. The van der Waals surface area contributed by atoms with E-state index in [2.05, 4.69) is 10.1 Å². The minimum absolute atomic E-state index is 0.209. The van der Waals surface area contributed by atoms with Crippen LogP contribution in [0, 0.1) is 0 Å². The van der Waals surface area contributed by atoms with Crippen LogP contribution in [0.3, 0.4) is 0 Å². The molecule has 1 N–H and O–H groups in total. The van der Waals surface area contributed by atoms with Gasteiger partial charge in [-0.2, -0.15) is 0 Å². The fourth-order valence-corrected chi connectivity index (χ4v) is 4.33. The highest BCUT2D eigenvalue weighted by Crippen LogP contribution is 2.32.